The van der Waals surface area contributed by atoms with Crippen LogP contribution in [-0.4, -0.2) is 52.1 Å². The lowest BCUT2D eigenvalue weighted by molar-refractivity contribution is -0.143. The first-order chi connectivity index (χ1) is 17.9. The largest absolute Gasteiger partial charge is 0.508 e. The third kappa shape index (κ3) is 9.84. The number of para-hydroxylation sites is 1. The summed E-state index contributed by atoms with van der Waals surface area (Å²) in [5.74, 6) is -0.958. The number of hydrogen-bond donors (Lipinski definition) is 3. The van der Waals surface area contributed by atoms with Crippen LogP contribution in [0.5, 0.6) is 5.75 Å². The number of carbonyl (C=O) groups is 3. The number of phenols is 1. The average Bonchev–Trinajstić information content (AvgIpc) is 2.84. The third-order valence-electron chi connectivity index (χ3n) is 6.88. The molecule has 3 N–H and O–H groups in total. The molecule has 0 aromatic heterocycles. The molecule has 0 aliphatic heterocycles. The number of nitrogens with one attached hydrogen (secondary N) is 2. The highest BCUT2D eigenvalue weighted by Gasteiger charge is 2.38. The molecule has 2 unspecified atom stereocenters. The second-order valence-electron chi connectivity index (χ2n) is 11.8. The molecule has 214 valence electrons. The molecule has 1 aliphatic carbocycles. The fourth-order valence-electron chi connectivity index (χ4n) is 4.90. The molecule has 2 atom stereocenters. The number of benzene rings is 1. The van der Waals surface area contributed by atoms with Gasteiger partial charge in [-0.05, 0) is 52.0 Å². The van der Waals surface area contributed by atoms with Crippen molar-refractivity contribution < 1.29 is 24.2 Å². The summed E-state index contributed by atoms with van der Waals surface area (Å²) in [5.41, 5.74) is -0.336. The topological polar surface area (TPSA) is 108 Å². The zero-order chi connectivity index (χ0) is 28.3. The van der Waals surface area contributed by atoms with Gasteiger partial charge in [-0.25, -0.2) is 4.79 Å². The number of hydrogen-bond acceptors (Lipinski definition) is 5. The predicted octanol–water partition coefficient (Wildman–Crippen LogP) is 5.84. The molecule has 1 aliphatic rings. The Morgan fingerprint density at radius 2 is 1.71 bits per heavy atom. The number of unbranched alkanes of at least 4 members (excludes halogenated alkanes) is 3. The quantitative estimate of drug-likeness (QED) is 0.294. The Morgan fingerprint density at radius 1 is 1.05 bits per heavy atom. The van der Waals surface area contributed by atoms with Gasteiger partial charge in [0.15, 0.2) is 0 Å². The molecule has 0 heterocycles. The van der Waals surface area contributed by atoms with Crippen molar-refractivity contribution in [3.63, 3.8) is 0 Å². The van der Waals surface area contributed by atoms with Crippen molar-refractivity contribution >= 4 is 17.9 Å². The second kappa shape index (κ2) is 15.0. The molecule has 1 saturated carbocycles. The summed E-state index contributed by atoms with van der Waals surface area (Å²) in [6.07, 6.45) is 8.06. The molecule has 0 bridgehead atoms. The Bertz CT molecular complexity index is 905. The highest BCUT2D eigenvalue weighted by molar-refractivity contribution is 5.92. The van der Waals surface area contributed by atoms with Crippen LogP contribution < -0.4 is 10.6 Å². The van der Waals surface area contributed by atoms with E-state index in [2.05, 4.69) is 17.6 Å². The van der Waals surface area contributed by atoms with Gasteiger partial charge in [0.2, 0.25) is 11.8 Å². The first-order valence-corrected chi connectivity index (χ1v) is 14.3. The molecule has 1 fully saturated rings. The smallest absolute Gasteiger partial charge is 0.408 e. The van der Waals surface area contributed by atoms with Gasteiger partial charge in [0.25, 0.3) is 0 Å². The molecule has 2 rings (SSSR count). The van der Waals surface area contributed by atoms with E-state index in [1.807, 2.05) is 13.8 Å². The number of amides is 3. The number of nitrogens with zero attached hydrogens (tertiary/aromatic N) is 1. The molecular formula is C30H49N3O5. The van der Waals surface area contributed by atoms with E-state index in [0.29, 0.717) is 18.5 Å². The van der Waals surface area contributed by atoms with Gasteiger partial charge in [-0.2, -0.15) is 0 Å². The summed E-state index contributed by atoms with van der Waals surface area (Å²) in [6, 6.07) is 4.81. The molecule has 38 heavy (non-hydrogen) atoms. The Labute approximate surface area is 228 Å². The van der Waals surface area contributed by atoms with E-state index in [0.717, 1.165) is 51.4 Å². The van der Waals surface area contributed by atoms with Crippen LogP contribution in [0.2, 0.25) is 0 Å². The zero-order valence-corrected chi connectivity index (χ0v) is 24.2. The van der Waals surface area contributed by atoms with Crippen LogP contribution in [0.15, 0.2) is 24.3 Å². The first kappa shape index (κ1) is 31.4. The van der Waals surface area contributed by atoms with Crippen LogP contribution in [0.1, 0.15) is 111 Å². The van der Waals surface area contributed by atoms with Crippen LogP contribution in [0.3, 0.4) is 0 Å². The van der Waals surface area contributed by atoms with Crippen molar-refractivity contribution in [3.05, 3.63) is 29.8 Å². The zero-order valence-electron chi connectivity index (χ0n) is 24.2. The van der Waals surface area contributed by atoms with Crippen molar-refractivity contribution in [1.29, 1.82) is 0 Å². The normalized spacial score (nSPS) is 16.0. The van der Waals surface area contributed by atoms with E-state index < -0.39 is 23.8 Å². The molecule has 0 radical (unpaired) electrons. The summed E-state index contributed by atoms with van der Waals surface area (Å²) in [5, 5.41) is 16.7. The Kier molecular flexibility index (Phi) is 12.4. The van der Waals surface area contributed by atoms with Gasteiger partial charge >= 0.3 is 6.09 Å². The van der Waals surface area contributed by atoms with E-state index in [9.17, 15) is 19.5 Å². The number of aromatic hydroxyl groups is 1. The van der Waals surface area contributed by atoms with Gasteiger partial charge in [0, 0.05) is 18.2 Å². The fraction of sp³-hybridized carbons (Fsp3) is 0.700. The summed E-state index contributed by atoms with van der Waals surface area (Å²) in [4.78, 5) is 42.3. The van der Waals surface area contributed by atoms with Gasteiger partial charge < -0.3 is 25.4 Å². The van der Waals surface area contributed by atoms with E-state index in [1.54, 1.807) is 43.9 Å². The summed E-state index contributed by atoms with van der Waals surface area (Å²) in [6.45, 7) is 11.5. The van der Waals surface area contributed by atoms with Gasteiger partial charge in [-0.15, -0.1) is 0 Å². The predicted molar refractivity (Wildman–Crippen MR) is 150 cm³/mol. The van der Waals surface area contributed by atoms with Crippen LogP contribution in [-0.2, 0) is 14.3 Å². The van der Waals surface area contributed by atoms with Crippen molar-refractivity contribution in [1.82, 2.24) is 15.5 Å². The van der Waals surface area contributed by atoms with Crippen molar-refractivity contribution in [2.24, 2.45) is 5.92 Å². The minimum atomic E-state index is -1.02. The van der Waals surface area contributed by atoms with Crippen molar-refractivity contribution in [3.8, 4) is 5.75 Å². The van der Waals surface area contributed by atoms with E-state index in [-0.39, 0.29) is 29.5 Å². The maximum atomic E-state index is 14.2. The molecule has 8 heteroatoms. The molecule has 0 saturated heterocycles. The number of ether oxygens (including phenoxy) is 1. The lowest BCUT2D eigenvalue weighted by Gasteiger charge is -2.36. The minimum absolute atomic E-state index is 0.0381. The fourth-order valence-corrected chi connectivity index (χ4v) is 4.90. The van der Waals surface area contributed by atoms with Crippen LogP contribution in [0.25, 0.3) is 0 Å². The summed E-state index contributed by atoms with van der Waals surface area (Å²) < 4.78 is 5.43. The molecule has 0 spiro atoms. The second-order valence-corrected chi connectivity index (χ2v) is 11.8. The number of carbonyl (C=O) groups excluding carboxylic acids is 3. The van der Waals surface area contributed by atoms with Gasteiger partial charge in [-0.3, -0.25) is 9.59 Å². The average molecular weight is 532 g/mol. The monoisotopic (exact) mass is 531 g/mol. The maximum absolute atomic E-state index is 14.2. The Hall–Kier alpha value is -2.77. The lowest BCUT2D eigenvalue weighted by atomic mass is 9.94. The standard InChI is InChI=1S/C30H49N3O5/c1-7-8-9-15-20-33(28(36)25(21(2)3)32-29(37)38-30(4,5)6)26(23-18-13-14-19-24(23)34)27(35)31-22-16-11-10-12-17-22/h13-14,18-19,21-22,25-26,34H,7-12,15-17,20H2,1-6H3,(H,31,35)(H,32,37). The molecule has 1 aromatic rings. The summed E-state index contributed by atoms with van der Waals surface area (Å²) >= 11 is 0. The summed E-state index contributed by atoms with van der Waals surface area (Å²) in [7, 11) is 0. The molecular weight excluding hydrogens is 482 g/mol. The first-order valence-electron chi connectivity index (χ1n) is 14.3. The molecule has 3 amide bonds. The Balaban J connectivity index is 2.45. The number of phenolic OH excluding ortho intramolecular Hbond substituents is 1. The van der Waals surface area contributed by atoms with Crippen molar-refractivity contribution in [2.75, 3.05) is 6.54 Å². The van der Waals surface area contributed by atoms with E-state index >= 15 is 0 Å². The highest BCUT2D eigenvalue weighted by atomic mass is 16.6. The van der Waals surface area contributed by atoms with Gasteiger partial charge in [-0.1, -0.05) is 77.5 Å². The molecule has 8 nitrogen and oxygen atoms in total. The Morgan fingerprint density at radius 3 is 2.29 bits per heavy atom. The third-order valence-corrected chi connectivity index (χ3v) is 6.88. The number of rotatable bonds is 12. The van der Waals surface area contributed by atoms with Crippen molar-refractivity contribution in [2.45, 2.75) is 123 Å². The van der Waals surface area contributed by atoms with Crippen LogP contribution >= 0.6 is 0 Å². The van der Waals surface area contributed by atoms with Gasteiger partial charge in [0.05, 0.1) is 0 Å². The van der Waals surface area contributed by atoms with E-state index in [1.165, 1.54) is 6.07 Å². The van der Waals surface area contributed by atoms with Crippen LogP contribution in [0, 0.1) is 5.92 Å². The van der Waals surface area contributed by atoms with Gasteiger partial charge in [0.1, 0.15) is 23.4 Å². The highest BCUT2D eigenvalue weighted by Crippen LogP contribution is 2.31. The molecule has 1 aromatic carbocycles. The van der Waals surface area contributed by atoms with Crippen LogP contribution in [0.4, 0.5) is 4.79 Å². The maximum Gasteiger partial charge on any atom is 0.408 e. The van der Waals surface area contributed by atoms with E-state index in [4.69, 9.17) is 4.74 Å². The number of alkyl carbamates (subject to hydrolysis) is 1. The lowest BCUT2D eigenvalue weighted by Crippen LogP contribution is -2.55. The minimum Gasteiger partial charge on any atom is -0.508 e. The SMILES string of the molecule is CCCCCCN(C(=O)C(NC(=O)OC(C)(C)C)C(C)C)C(C(=O)NC1CCCCC1)c1ccccc1O.